The van der Waals surface area contributed by atoms with E-state index in [4.69, 9.17) is 47.9 Å². The lowest BCUT2D eigenvalue weighted by molar-refractivity contribution is -0.128. The first-order valence-corrected chi connectivity index (χ1v) is 11.4. The number of methoxy groups -OCH3 is 2. The zero-order chi connectivity index (χ0) is 25.8. The Labute approximate surface area is 217 Å². The summed E-state index contributed by atoms with van der Waals surface area (Å²) in [6.45, 7) is 0. The fourth-order valence-electron chi connectivity index (χ4n) is 3.83. The standard InChI is InChI=1S/C27H20Cl2N2O5/c1-33-17-7-9-23(34-2)20(12-17)26-19-8-6-18(13-24(19)36-27(31)21(26)14-30)35-25(32)10-4-15-3-5-16(28)11-22(15)29/h3-13,26H,31H2,1-2H3/b10-4+. The number of nitriles is 1. The van der Waals surface area contributed by atoms with Crippen molar-refractivity contribution >= 4 is 35.2 Å². The van der Waals surface area contributed by atoms with Crippen LogP contribution in [0.2, 0.25) is 10.0 Å². The number of ether oxygens (including phenoxy) is 4. The molecule has 0 amide bonds. The monoisotopic (exact) mass is 522 g/mol. The van der Waals surface area contributed by atoms with Crippen LogP contribution in [-0.2, 0) is 4.79 Å². The Morgan fingerprint density at radius 2 is 1.81 bits per heavy atom. The molecule has 0 radical (unpaired) electrons. The number of hydrogen-bond acceptors (Lipinski definition) is 7. The molecule has 7 nitrogen and oxygen atoms in total. The first kappa shape index (κ1) is 25.0. The third-order valence-electron chi connectivity index (χ3n) is 5.52. The summed E-state index contributed by atoms with van der Waals surface area (Å²) in [6, 6.07) is 17.2. The van der Waals surface area contributed by atoms with Crippen LogP contribution in [0.3, 0.4) is 0 Å². The maximum Gasteiger partial charge on any atom is 0.336 e. The third-order valence-corrected chi connectivity index (χ3v) is 6.08. The molecule has 0 saturated carbocycles. The highest BCUT2D eigenvalue weighted by molar-refractivity contribution is 6.35. The van der Waals surface area contributed by atoms with E-state index < -0.39 is 11.9 Å². The lowest BCUT2D eigenvalue weighted by Gasteiger charge is -2.28. The van der Waals surface area contributed by atoms with Gasteiger partial charge in [-0.2, -0.15) is 5.26 Å². The van der Waals surface area contributed by atoms with Crippen LogP contribution in [0.25, 0.3) is 6.08 Å². The topological polar surface area (TPSA) is 104 Å². The average Bonchev–Trinajstić information content (AvgIpc) is 2.86. The maximum atomic E-state index is 12.4. The Morgan fingerprint density at radius 1 is 1.03 bits per heavy atom. The summed E-state index contributed by atoms with van der Waals surface area (Å²) < 4.78 is 22.1. The molecule has 9 heteroatoms. The van der Waals surface area contributed by atoms with E-state index in [1.165, 1.54) is 25.3 Å². The number of benzene rings is 3. The van der Waals surface area contributed by atoms with Crippen LogP contribution < -0.4 is 24.7 Å². The van der Waals surface area contributed by atoms with Gasteiger partial charge in [0, 0.05) is 33.3 Å². The summed E-state index contributed by atoms with van der Waals surface area (Å²) in [7, 11) is 3.09. The lowest BCUT2D eigenvalue weighted by atomic mass is 9.83. The Hall–Kier alpha value is -4.12. The fourth-order valence-corrected chi connectivity index (χ4v) is 4.30. The van der Waals surface area contributed by atoms with E-state index in [1.807, 2.05) is 0 Å². The second-order valence-corrected chi connectivity index (χ2v) is 8.50. The molecule has 1 unspecified atom stereocenters. The fraction of sp³-hybridized carbons (Fsp3) is 0.111. The van der Waals surface area contributed by atoms with E-state index in [2.05, 4.69) is 6.07 Å². The number of nitrogens with zero attached hydrogens (tertiary/aromatic N) is 1. The van der Waals surface area contributed by atoms with Crippen LogP contribution >= 0.6 is 23.2 Å². The van der Waals surface area contributed by atoms with E-state index >= 15 is 0 Å². The molecular weight excluding hydrogens is 503 g/mol. The lowest BCUT2D eigenvalue weighted by Crippen LogP contribution is -2.21. The van der Waals surface area contributed by atoms with Crippen molar-refractivity contribution < 1.29 is 23.7 Å². The Morgan fingerprint density at radius 3 is 2.50 bits per heavy atom. The van der Waals surface area contributed by atoms with Crippen molar-refractivity contribution in [1.29, 1.82) is 5.26 Å². The molecule has 0 aromatic heterocycles. The molecule has 3 aromatic rings. The van der Waals surface area contributed by atoms with Crippen molar-refractivity contribution in [2.75, 3.05) is 14.2 Å². The first-order valence-electron chi connectivity index (χ1n) is 10.6. The van der Waals surface area contributed by atoms with Crippen LogP contribution in [0.5, 0.6) is 23.0 Å². The SMILES string of the molecule is COc1ccc(OC)c(C2C(C#N)=C(N)Oc3cc(OC(=O)/C=C/c4ccc(Cl)cc4Cl)ccc32)c1. The number of nitrogens with two attached hydrogens (primary N) is 1. The van der Waals surface area contributed by atoms with Gasteiger partial charge in [-0.3, -0.25) is 0 Å². The van der Waals surface area contributed by atoms with Crippen molar-refractivity contribution in [1.82, 2.24) is 0 Å². The van der Waals surface area contributed by atoms with Crippen LogP contribution in [-0.4, -0.2) is 20.2 Å². The minimum absolute atomic E-state index is 0.0550. The summed E-state index contributed by atoms with van der Waals surface area (Å²) in [4.78, 5) is 12.4. The highest BCUT2D eigenvalue weighted by atomic mass is 35.5. The van der Waals surface area contributed by atoms with Crippen LogP contribution in [0.1, 0.15) is 22.6 Å². The zero-order valence-corrected chi connectivity index (χ0v) is 20.8. The number of hydrogen-bond donors (Lipinski definition) is 1. The predicted octanol–water partition coefficient (Wildman–Crippen LogP) is 5.85. The molecule has 3 aromatic carbocycles. The normalized spacial score (nSPS) is 14.6. The Bertz CT molecular complexity index is 1440. The van der Waals surface area contributed by atoms with Crippen molar-refractivity contribution in [3.8, 4) is 29.1 Å². The number of carbonyl (C=O) groups excluding carboxylic acids is 1. The minimum atomic E-state index is -0.621. The molecule has 2 N–H and O–H groups in total. The molecule has 1 heterocycles. The molecule has 4 rings (SSSR count). The van der Waals surface area contributed by atoms with Gasteiger partial charge in [0.1, 0.15) is 34.6 Å². The summed E-state index contributed by atoms with van der Waals surface area (Å²) in [5.41, 5.74) is 8.27. The zero-order valence-electron chi connectivity index (χ0n) is 19.2. The molecule has 36 heavy (non-hydrogen) atoms. The second-order valence-electron chi connectivity index (χ2n) is 7.65. The van der Waals surface area contributed by atoms with Gasteiger partial charge < -0.3 is 24.7 Å². The first-order chi connectivity index (χ1) is 17.3. The molecule has 1 aliphatic heterocycles. The molecule has 0 spiro atoms. The molecule has 1 aliphatic rings. The van der Waals surface area contributed by atoms with Crippen molar-refractivity contribution in [2.45, 2.75) is 5.92 Å². The molecule has 182 valence electrons. The van der Waals surface area contributed by atoms with E-state index in [0.29, 0.717) is 44.0 Å². The van der Waals surface area contributed by atoms with Gasteiger partial charge >= 0.3 is 5.97 Å². The highest BCUT2D eigenvalue weighted by Crippen LogP contribution is 2.46. The number of rotatable bonds is 6. The Balaban J connectivity index is 1.65. The van der Waals surface area contributed by atoms with Gasteiger partial charge in [-0.15, -0.1) is 0 Å². The molecule has 0 bridgehead atoms. The number of fused-ring (bicyclic) bond motifs is 1. The largest absolute Gasteiger partial charge is 0.497 e. The van der Waals surface area contributed by atoms with Crippen molar-refractivity contribution in [3.05, 3.63) is 98.9 Å². The molecule has 0 fully saturated rings. The molecule has 0 saturated heterocycles. The number of esters is 1. The van der Waals surface area contributed by atoms with E-state index in [9.17, 15) is 10.1 Å². The van der Waals surface area contributed by atoms with E-state index in [0.717, 1.165) is 0 Å². The maximum absolute atomic E-state index is 12.4. The highest BCUT2D eigenvalue weighted by Gasteiger charge is 2.33. The molecule has 1 atom stereocenters. The number of carbonyl (C=O) groups is 1. The third kappa shape index (κ3) is 5.10. The van der Waals surface area contributed by atoms with Crippen LogP contribution in [0, 0.1) is 11.3 Å². The molecule has 0 aliphatic carbocycles. The number of halogens is 2. The van der Waals surface area contributed by atoms with E-state index in [-0.39, 0.29) is 17.2 Å². The second kappa shape index (κ2) is 10.6. The minimum Gasteiger partial charge on any atom is -0.497 e. The van der Waals surface area contributed by atoms with Gasteiger partial charge in [-0.05, 0) is 48.0 Å². The van der Waals surface area contributed by atoms with Gasteiger partial charge in [0.25, 0.3) is 0 Å². The van der Waals surface area contributed by atoms with Gasteiger partial charge in [-0.25, -0.2) is 4.79 Å². The molecular formula is C27H20Cl2N2O5. The van der Waals surface area contributed by atoms with Gasteiger partial charge in [0.2, 0.25) is 5.88 Å². The smallest absolute Gasteiger partial charge is 0.336 e. The van der Waals surface area contributed by atoms with Crippen molar-refractivity contribution in [2.24, 2.45) is 5.73 Å². The van der Waals surface area contributed by atoms with Gasteiger partial charge in [0.15, 0.2) is 0 Å². The number of allylic oxidation sites excluding steroid dienone is 1. The summed E-state index contributed by atoms with van der Waals surface area (Å²) >= 11 is 12.0. The predicted molar refractivity (Wildman–Crippen MR) is 136 cm³/mol. The summed E-state index contributed by atoms with van der Waals surface area (Å²) in [5, 5.41) is 10.7. The van der Waals surface area contributed by atoms with Crippen LogP contribution in [0.15, 0.2) is 72.1 Å². The summed E-state index contributed by atoms with van der Waals surface area (Å²) in [5.74, 6) is 0.459. The Kier molecular flexibility index (Phi) is 7.39. The van der Waals surface area contributed by atoms with Gasteiger partial charge in [0.05, 0.1) is 20.1 Å². The summed E-state index contributed by atoms with van der Waals surface area (Å²) in [6.07, 6.45) is 2.78. The van der Waals surface area contributed by atoms with Crippen LogP contribution in [0.4, 0.5) is 0 Å². The van der Waals surface area contributed by atoms with Gasteiger partial charge in [-0.1, -0.05) is 35.3 Å². The average molecular weight is 523 g/mol. The van der Waals surface area contributed by atoms with E-state index in [1.54, 1.807) is 55.6 Å². The quantitative estimate of drug-likeness (QED) is 0.246. The van der Waals surface area contributed by atoms with Crippen molar-refractivity contribution in [3.63, 3.8) is 0 Å².